The number of carbonyl (C=O) groups excluding carboxylic acids is 1. The number of urea groups is 1. The molecule has 2 aliphatic heterocycles. The van der Waals surface area contributed by atoms with E-state index in [0.29, 0.717) is 24.9 Å². The van der Waals surface area contributed by atoms with Crippen molar-refractivity contribution in [3.05, 3.63) is 41.5 Å². The lowest BCUT2D eigenvalue weighted by Gasteiger charge is -2.46. The highest BCUT2D eigenvalue weighted by Crippen LogP contribution is 2.38. The molecule has 2 aromatic rings. The van der Waals surface area contributed by atoms with E-state index >= 15 is 0 Å². The van der Waals surface area contributed by atoms with Gasteiger partial charge in [0.1, 0.15) is 0 Å². The summed E-state index contributed by atoms with van der Waals surface area (Å²) in [6.45, 7) is 6.13. The number of carbonyl (C=O) groups is 1. The second kappa shape index (κ2) is 8.53. The molecule has 4 rings (SSSR count). The molecule has 2 aliphatic rings. The number of amides is 2. The zero-order valence-electron chi connectivity index (χ0n) is 17.3. The summed E-state index contributed by atoms with van der Waals surface area (Å²) in [5.74, 6) is 1.90. The maximum Gasteiger partial charge on any atom is 0.321 e. The van der Waals surface area contributed by atoms with E-state index in [1.807, 2.05) is 30.0 Å². The van der Waals surface area contributed by atoms with Gasteiger partial charge in [0.2, 0.25) is 5.89 Å². The fraction of sp³-hybridized carbons (Fsp3) is 0.591. The summed E-state index contributed by atoms with van der Waals surface area (Å²) in [5.41, 5.74) is 1.96. The molecule has 1 aromatic carbocycles. The van der Waals surface area contributed by atoms with Crippen molar-refractivity contribution in [1.29, 1.82) is 0 Å². The average Bonchev–Trinajstić information content (AvgIpc) is 3.13. The number of nitrogens with zero attached hydrogens (tertiary/aromatic N) is 3. The summed E-state index contributed by atoms with van der Waals surface area (Å²) < 4.78 is 11.3. The third-order valence-electron chi connectivity index (χ3n) is 6.18. The van der Waals surface area contributed by atoms with Crippen LogP contribution >= 0.6 is 0 Å². The molecule has 1 aromatic heterocycles. The van der Waals surface area contributed by atoms with Crippen LogP contribution in [0.15, 0.2) is 28.8 Å². The van der Waals surface area contributed by atoms with Crippen molar-refractivity contribution in [2.75, 3.05) is 25.0 Å². The third-order valence-corrected chi connectivity index (χ3v) is 6.18. The minimum absolute atomic E-state index is 0.0252. The SMILES string of the molecule is CCc1cccc(NC(=O)N2CCC3(CC2)CC(Cc2noc(C)n2)CCO3)c1. The van der Waals surface area contributed by atoms with Crippen LogP contribution in [0.4, 0.5) is 10.5 Å². The fourth-order valence-corrected chi connectivity index (χ4v) is 4.52. The van der Waals surface area contributed by atoms with E-state index in [4.69, 9.17) is 9.26 Å². The Kier molecular flexibility index (Phi) is 5.85. The second-order valence-electron chi connectivity index (χ2n) is 8.30. The van der Waals surface area contributed by atoms with Crippen LogP contribution in [0.2, 0.25) is 0 Å². The molecule has 0 bridgehead atoms. The monoisotopic (exact) mass is 398 g/mol. The van der Waals surface area contributed by atoms with Crippen LogP contribution in [0.1, 0.15) is 49.9 Å². The molecule has 7 heteroatoms. The van der Waals surface area contributed by atoms with Crippen LogP contribution in [-0.4, -0.2) is 46.4 Å². The molecule has 1 unspecified atom stereocenters. The highest BCUT2D eigenvalue weighted by atomic mass is 16.5. The summed E-state index contributed by atoms with van der Waals surface area (Å²) >= 11 is 0. The van der Waals surface area contributed by atoms with Gasteiger partial charge in [0.25, 0.3) is 0 Å². The van der Waals surface area contributed by atoms with Crippen LogP contribution in [-0.2, 0) is 17.6 Å². The first-order valence-corrected chi connectivity index (χ1v) is 10.6. The van der Waals surface area contributed by atoms with Gasteiger partial charge in [0.05, 0.1) is 5.60 Å². The van der Waals surface area contributed by atoms with Crippen molar-refractivity contribution in [3.63, 3.8) is 0 Å². The lowest BCUT2D eigenvalue weighted by molar-refractivity contribution is -0.122. The van der Waals surface area contributed by atoms with Crippen LogP contribution in [0.5, 0.6) is 0 Å². The lowest BCUT2D eigenvalue weighted by atomic mass is 9.78. The number of aromatic nitrogens is 2. The number of hydrogen-bond acceptors (Lipinski definition) is 5. The number of rotatable bonds is 4. The topological polar surface area (TPSA) is 80.5 Å². The van der Waals surface area contributed by atoms with Crippen LogP contribution < -0.4 is 5.32 Å². The molecule has 2 amide bonds. The molecule has 1 N–H and O–H groups in total. The van der Waals surface area contributed by atoms with E-state index in [-0.39, 0.29) is 11.6 Å². The van der Waals surface area contributed by atoms with E-state index in [1.165, 1.54) is 5.56 Å². The van der Waals surface area contributed by atoms with Crippen molar-refractivity contribution >= 4 is 11.7 Å². The van der Waals surface area contributed by atoms with Gasteiger partial charge >= 0.3 is 6.03 Å². The first-order valence-electron chi connectivity index (χ1n) is 10.6. The van der Waals surface area contributed by atoms with Crippen molar-refractivity contribution in [3.8, 4) is 0 Å². The molecule has 1 spiro atoms. The number of piperidine rings is 1. The van der Waals surface area contributed by atoms with Crippen LogP contribution in [0.3, 0.4) is 0 Å². The number of ether oxygens (including phenoxy) is 1. The molecule has 3 heterocycles. The predicted molar refractivity (Wildman–Crippen MR) is 110 cm³/mol. The van der Waals surface area contributed by atoms with Gasteiger partial charge in [-0.15, -0.1) is 0 Å². The van der Waals surface area contributed by atoms with Gasteiger partial charge in [-0.2, -0.15) is 4.98 Å². The van der Waals surface area contributed by atoms with Crippen molar-refractivity contribution < 1.29 is 14.1 Å². The normalized spacial score (nSPS) is 21.3. The highest BCUT2D eigenvalue weighted by molar-refractivity contribution is 5.89. The van der Waals surface area contributed by atoms with Gasteiger partial charge in [0, 0.05) is 38.7 Å². The smallest absolute Gasteiger partial charge is 0.321 e. The van der Waals surface area contributed by atoms with E-state index in [1.54, 1.807) is 0 Å². The van der Waals surface area contributed by atoms with Crippen LogP contribution in [0, 0.1) is 12.8 Å². The molecule has 0 aliphatic carbocycles. The minimum Gasteiger partial charge on any atom is -0.375 e. The van der Waals surface area contributed by atoms with Gasteiger partial charge in [-0.25, -0.2) is 4.79 Å². The molecular formula is C22H30N4O3. The molecule has 29 heavy (non-hydrogen) atoms. The molecule has 0 radical (unpaired) electrons. The molecule has 2 saturated heterocycles. The van der Waals surface area contributed by atoms with Crippen molar-refractivity contribution in [2.45, 2.75) is 58.0 Å². The predicted octanol–water partition coefficient (Wildman–Crippen LogP) is 3.98. The zero-order valence-corrected chi connectivity index (χ0v) is 17.3. The molecule has 1 atom stereocenters. The van der Waals surface area contributed by atoms with Gasteiger partial charge in [-0.3, -0.25) is 0 Å². The Morgan fingerprint density at radius 1 is 1.34 bits per heavy atom. The summed E-state index contributed by atoms with van der Waals surface area (Å²) in [5, 5.41) is 7.08. The van der Waals surface area contributed by atoms with Crippen molar-refractivity contribution in [1.82, 2.24) is 15.0 Å². The Morgan fingerprint density at radius 2 is 2.17 bits per heavy atom. The average molecular weight is 399 g/mol. The number of aryl methyl sites for hydroxylation is 2. The maximum atomic E-state index is 12.7. The lowest BCUT2D eigenvalue weighted by Crippen LogP contribution is -2.51. The standard InChI is InChI=1S/C22H30N4O3/c1-3-17-5-4-6-19(13-17)24-21(27)26-10-8-22(9-11-26)15-18(7-12-28-22)14-20-23-16(2)29-25-20/h4-6,13,18H,3,7-12,14-15H2,1-2H3,(H,24,27). The Balaban J connectivity index is 1.31. The number of anilines is 1. The third kappa shape index (κ3) is 4.78. The molecular weight excluding hydrogens is 368 g/mol. The largest absolute Gasteiger partial charge is 0.375 e. The molecule has 156 valence electrons. The number of benzene rings is 1. The number of likely N-dealkylation sites (tertiary alicyclic amines) is 1. The van der Waals surface area contributed by atoms with E-state index in [2.05, 4.69) is 28.4 Å². The molecule has 0 saturated carbocycles. The minimum atomic E-state index is -0.124. The first-order chi connectivity index (χ1) is 14.0. The summed E-state index contributed by atoms with van der Waals surface area (Å²) in [4.78, 5) is 18.9. The highest BCUT2D eigenvalue weighted by Gasteiger charge is 2.41. The van der Waals surface area contributed by atoms with E-state index in [9.17, 15) is 4.79 Å². The van der Waals surface area contributed by atoms with E-state index < -0.39 is 0 Å². The quantitative estimate of drug-likeness (QED) is 0.843. The zero-order chi connectivity index (χ0) is 20.3. The van der Waals surface area contributed by atoms with Gasteiger partial charge < -0.3 is 19.5 Å². The Hall–Kier alpha value is -2.41. The Morgan fingerprint density at radius 3 is 2.90 bits per heavy atom. The van der Waals surface area contributed by atoms with Gasteiger partial charge in [-0.05, 0) is 55.7 Å². The Bertz CT molecular complexity index is 842. The number of nitrogens with one attached hydrogen (secondary N) is 1. The van der Waals surface area contributed by atoms with Crippen molar-refractivity contribution in [2.24, 2.45) is 5.92 Å². The Labute approximate surface area is 171 Å². The maximum absolute atomic E-state index is 12.7. The van der Waals surface area contributed by atoms with Gasteiger partial charge in [-0.1, -0.05) is 24.2 Å². The van der Waals surface area contributed by atoms with E-state index in [0.717, 1.165) is 56.6 Å². The molecule has 2 fully saturated rings. The summed E-state index contributed by atoms with van der Waals surface area (Å²) in [6.07, 6.45) is 5.55. The fourth-order valence-electron chi connectivity index (χ4n) is 4.52. The number of hydrogen-bond donors (Lipinski definition) is 1. The summed E-state index contributed by atoms with van der Waals surface area (Å²) in [6, 6.07) is 8.02. The molecule has 7 nitrogen and oxygen atoms in total. The first kappa shape index (κ1) is 19.9. The summed E-state index contributed by atoms with van der Waals surface area (Å²) in [7, 11) is 0. The van der Waals surface area contributed by atoms with Gasteiger partial charge in [0.15, 0.2) is 5.82 Å². The second-order valence-corrected chi connectivity index (χ2v) is 8.30. The van der Waals surface area contributed by atoms with Crippen LogP contribution in [0.25, 0.3) is 0 Å².